The first kappa shape index (κ1) is 13.2. The van der Waals surface area contributed by atoms with Gasteiger partial charge < -0.3 is 5.32 Å². The molecule has 1 rings (SSSR count). The molecule has 1 aromatic heterocycles. The minimum atomic E-state index is 0.345. The van der Waals surface area contributed by atoms with Crippen molar-refractivity contribution in [1.82, 2.24) is 10.3 Å². The van der Waals surface area contributed by atoms with Crippen LogP contribution in [0.5, 0.6) is 0 Å². The van der Waals surface area contributed by atoms with Crippen molar-refractivity contribution in [3.63, 3.8) is 0 Å². The van der Waals surface area contributed by atoms with Crippen LogP contribution in [0.1, 0.15) is 58.2 Å². The van der Waals surface area contributed by atoms with E-state index in [1.807, 2.05) is 18.3 Å². The summed E-state index contributed by atoms with van der Waals surface area (Å²) in [6.07, 6.45) is 7.06. The molecule has 0 saturated heterocycles. The second kappa shape index (κ2) is 7.39. The van der Waals surface area contributed by atoms with E-state index in [0.717, 1.165) is 5.69 Å². The molecule has 0 aliphatic rings. The Labute approximate surface area is 99.5 Å². The third-order valence-corrected chi connectivity index (χ3v) is 2.91. The van der Waals surface area contributed by atoms with E-state index in [9.17, 15) is 0 Å². The maximum atomic E-state index is 4.37. The molecule has 90 valence electrons. The van der Waals surface area contributed by atoms with Gasteiger partial charge in [0.2, 0.25) is 0 Å². The monoisotopic (exact) mass is 220 g/mol. The van der Waals surface area contributed by atoms with Gasteiger partial charge in [-0.25, -0.2) is 0 Å². The Bertz CT molecular complexity index is 271. The molecule has 0 aromatic carbocycles. The summed E-state index contributed by atoms with van der Waals surface area (Å²) in [4.78, 5) is 4.37. The average molecular weight is 220 g/mol. The predicted molar refractivity (Wildman–Crippen MR) is 69.4 cm³/mol. The van der Waals surface area contributed by atoms with Crippen LogP contribution in [0.4, 0.5) is 0 Å². The van der Waals surface area contributed by atoms with Crippen molar-refractivity contribution < 1.29 is 0 Å². The third-order valence-electron chi connectivity index (χ3n) is 2.91. The molecule has 0 radical (unpaired) electrons. The van der Waals surface area contributed by atoms with Gasteiger partial charge in [0.25, 0.3) is 0 Å². The first-order valence-electron chi connectivity index (χ1n) is 6.41. The van der Waals surface area contributed by atoms with Crippen LogP contribution >= 0.6 is 0 Å². The Balaban J connectivity index is 2.31. The lowest BCUT2D eigenvalue weighted by Crippen LogP contribution is -2.29. The molecular formula is C14H24N2. The van der Waals surface area contributed by atoms with E-state index in [2.05, 4.69) is 37.1 Å². The molecule has 1 unspecified atom stereocenters. The molecule has 0 fully saturated rings. The Hall–Kier alpha value is -0.890. The summed E-state index contributed by atoms with van der Waals surface area (Å²) in [7, 11) is 0. The first-order valence-corrected chi connectivity index (χ1v) is 6.41. The SMILES string of the molecule is CCCCCC(C)N[C@H](C)c1ccccn1. The normalized spacial score (nSPS) is 14.7. The number of pyridine rings is 1. The molecule has 1 heterocycles. The van der Waals surface area contributed by atoms with E-state index in [1.165, 1.54) is 25.7 Å². The van der Waals surface area contributed by atoms with E-state index in [-0.39, 0.29) is 0 Å². The summed E-state index contributed by atoms with van der Waals surface area (Å²) in [5.41, 5.74) is 1.13. The number of nitrogens with zero attached hydrogens (tertiary/aromatic N) is 1. The molecule has 0 aliphatic heterocycles. The van der Waals surface area contributed by atoms with E-state index in [0.29, 0.717) is 12.1 Å². The van der Waals surface area contributed by atoms with Crippen molar-refractivity contribution >= 4 is 0 Å². The summed E-state index contributed by atoms with van der Waals surface area (Å²) in [6, 6.07) is 7.00. The molecular weight excluding hydrogens is 196 g/mol. The molecule has 0 aliphatic carbocycles. The summed E-state index contributed by atoms with van der Waals surface area (Å²) >= 11 is 0. The van der Waals surface area contributed by atoms with Gasteiger partial charge in [-0.2, -0.15) is 0 Å². The standard InChI is InChI=1S/C14H24N2/c1-4-5-6-9-12(2)16-13(3)14-10-7-8-11-15-14/h7-8,10-13,16H,4-6,9H2,1-3H3/t12?,13-/m1/s1. The predicted octanol–water partition coefficient (Wildman–Crippen LogP) is 3.70. The fourth-order valence-corrected chi connectivity index (χ4v) is 1.93. The van der Waals surface area contributed by atoms with Gasteiger partial charge in [0.15, 0.2) is 0 Å². The van der Waals surface area contributed by atoms with Crippen molar-refractivity contribution in [2.24, 2.45) is 0 Å². The maximum absolute atomic E-state index is 4.37. The second-order valence-electron chi connectivity index (χ2n) is 4.54. The highest BCUT2D eigenvalue weighted by atomic mass is 15.0. The van der Waals surface area contributed by atoms with Gasteiger partial charge in [0.05, 0.1) is 5.69 Å². The van der Waals surface area contributed by atoms with E-state index < -0.39 is 0 Å². The van der Waals surface area contributed by atoms with Crippen molar-refractivity contribution in [1.29, 1.82) is 0 Å². The summed E-state index contributed by atoms with van der Waals surface area (Å²) in [5, 5.41) is 3.59. The van der Waals surface area contributed by atoms with Crippen LogP contribution in [0.25, 0.3) is 0 Å². The Kier molecular flexibility index (Phi) is 6.09. The highest BCUT2D eigenvalue weighted by Crippen LogP contribution is 2.11. The van der Waals surface area contributed by atoms with Gasteiger partial charge >= 0.3 is 0 Å². The van der Waals surface area contributed by atoms with Crippen molar-refractivity contribution in [3.8, 4) is 0 Å². The van der Waals surface area contributed by atoms with Crippen LogP contribution in [0.3, 0.4) is 0 Å². The van der Waals surface area contributed by atoms with Gasteiger partial charge in [0.1, 0.15) is 0 Å². The van der Waals surface area contributed by atoms with Crippen LogP contribution < -0.4 is 5.32 Å². The zero-order valence-electron chi connectivity index (χ0n) is 10.7. The van der Waals surface area contributed by atoms with Crippen LogP contribution in [-0.2, 0) is 0 Å². The quantitative estimate of drug-likeness (QED) is 0.709. The lowest BCUT2D eigenvalue weighted by atomic mass is 10.1. The van der Waals surface area contributed by atoms with E-state index >= 15 is 0 Å². The van der Waals surface area contributed by atoms with Gasteiger partial charge in [-0.1, -0.05) is 32.3 Å². The maximum Gasteiger partial charge on any atom is 0.0570 e. The molecule has 1 aromatic rings. The number of aromatic nitrogens is 1. The molecule has 0 bridgehead atoms. The molecule has 2 nitrogen and oxygen atoms in total. The Morgan fingerprint density at radius 3 is 2.69 bits per heavy atom. The Morgan fingerprint density at radius 2 is 2.06 bits per heavy atom. The van der Waals surface area contributed by atoms with Gasteiger partial charge in [-0.3, -0.25) is 4.98 Å². The number of unbranched alkanes of at least 4 members (excludes halogenated alkanes) is 2. The molecule has 0 saturated carbocycles. The largest absolute Gasteiger partial charge is 0.306 e. The van der Waals surface area contributed by atoms with Gasteiger partial charge in [-0.05, 0) is 32.4 Å². The molecule has 2 atom stereocenters. The van der Waals surface area contributed by atoms with E-state index in [4.69, 9.17) is 0 Å². The lowest BCUT2D eigenvalue weighted by molar-refractivity contribution is 0.435. The average Bonchev–Trinajstić information content (AvgIpc) is 2.30. The van der Waals surface area contributed by atoms with Crippen molar-refractivity contribution in [2.45, 2.75) is 58.5 Å². The molecule has 0 spiro atoms. The minimum absolute atomic E-state index is 0.345. The zero-order valence-corrected chi connectivity index (χ0v) is 10.7. The number of hydrogen-bond donors (Lipinski definition) is 1. The van der Waals surface area contributed by atoms with Crippen LogP contribution in [0.2, 0.25) is 0 Å². The minimum Gasteiger partial charge on any atom is -0.306 e. The summed E-state index contributed by atoms with van der Waals surface area (Å²) in [6.45, 7) is 6.68. The smallest absolute Gasteiger partial charge is 0.0570 e. The van der Waals surface area contributed by atoms with Crippen LogP contribution in [-0.4, -0.2) is 11.0 Å². The molecule has 16 heavy (non-hydrogen) atoms. The van der Waals surface area contributed by atoms with Crippen LogP contribution in [0.15, 0.2) is 24.4 Å². The van der Waals surface area contributed by atoms with E-state index in [1.54, 1.807) is 0 Å². The fraction of sp³-hybridized carbons (Fsp3) is 0.643. The summed E-state index contributed by atoms with van der Waals surface area (Å²) < 4.78 is 0. The van der Waals surface area contributed by atoms with Gasteiger partial charge in [-0.15, -0.1) is 0 Å². The highest BCUT2D eigenvalue weighted by molar-refractivity contribution is 5.07. The van der Waals surface area contributed by atoms with Crippen molar-refractivity contribution in [3.05, 3.63) is 30.1 Å². The summed E-state index contributed by atoms with van der Waals surface area (Å²) in [5.74, 6) is 0. The Morgan fingerprint density at radius 1 is 1.25 bits per heavy atom. The molecule has 2 heteroatoms. The first-order chi connectivity index (χ1) is 7.74. The highest BCUT2D eigenvalue weighted by Gasteiger charge is 2.09. The second-order valence-corrected chi connectivity index (χ2v) is 4.54. The van der Waals surface area contributed by atoms with Crippen LogP contribution in [0, 0.1) is 0 Å². The molecule has 1 N–H and O–H groups in total. The number of nitrogens with one attached hydrogen (secondary N) is 1. The van der Waals surface area contributed by atoms with Gasteiger partial charge in [0, 0.05) is 18.3 Å². The fourth-order valence-electron chi connectivity index (χ4n) is 1.93. The zero-order chi connectivity index (χ0) is 11.8. The number of hydrogen-bond acceptors (Lipinski definition) is 2. The number of rotatable bonds is 7. The van der Waals surface area contributed by atoms with Crippen molar-refractivity contribution in [2.75, 3.05) is 0 Å². The third kappa shape index (κ3) is 4.75. The lowest BCUT2D eigenvalue weighted by Gasteiger charge is -2.19. The molecule has 0 amide bonds. The topological polar surface area (TPSA) is 24.9 Å².